The summed E-state index contributed by atoms with van der Waals surface area (Å²) in [4.78, 5) is 42.5. The molecule has 1 fully saturated rings. The highest BCUT2D eigenvalue weighted by molar-refractivity contribution is 7.80. The molecule has 0 saturated heterocycles. The van der Waals surface area contributed by atoms with Crippen molar-refractivity contribution in [2.24, 2.45) is 5.92 Å². The zero-order valence-electron chi connectivity index (χ0n) is 24.4. The average Bonchev–Trinajstić information content (AvgIpc) is 2.84. The third kappa shape index (κ3) is 9.83. The van der Waals surface area contributed by atoms with Gasteiger partial charge < -0.3 is 20.3 Å². The largest absolute Gasteiger partial charge is 0.444 e. The molecule has 214 valence electrons. The number of rotatable bonds is 11. The van der Waals surface area contributed by atoms with Crippen LogP contribution in [0.4, 0.5) is 4.79 Å². The molecule has 1 aromatic carbocycles. The fraction of sp³-hybridized carbons (Fsp3) is 0.700. The van der Waals surface area contributed by atoms with E-state index >= 15 is 0 Å². The number of hydrogen-bond donors (Lipinski definition) is 3. The van der Waals surface area contributed by atoms with Gasteiger partial charge in [-0.25, -0.2) is 4.79 Å². The molecule has 0 bridgehead atoms. The van der Waals surface area contributed by atoms with E-state index in [1.807, 2.05) is 38.1 Å². The summed E-state index contributed by atoms with van der Waals surface area (Å²) in [5.41, 5.74) is 1.02. The Kier molecular flexibility index (Phi) is 12.5. The van der Waals surface area contributed by atoms with E-state index in [-0.39, 0.29) is 29.7 Å². The molecule has 38 heavy (non-hydrogen) atoms. The molecule has 1 aromatic rings. The standard InChI is InChI=1S/C30H49N3O4S/c1-20(2)17-18-22(4)33(28(35)25(19-38)32-29(36)37-30(5,6)7)26(24-16-12-11-13-21(24)3)27(34)31-23-14-9-8-10-15-23/h11-13,16,20,22-23,25-26,38H,8-10,14-15,17-19H2,1-7H3,(H,31,34)(H,32,36). The molecule has 8 heteroatoms. The van der Waals surface area contributed by atoms with Crippen molar-refractivity contribution < 1.29 is 19.1 Å². The molecular formula is C30H49N3O4S. The van der Waals surface area contributed by atoms with Gasteiger partial charge in [-0.3, -0.25) is 9.59 Å². The molecule has 3 atom stereocenters. The minimum atomic E-state index is -0.941. The van der Waals surface area contributed by atoms with Crippen molar-refractivity contribution in [3.8, 4) is 0 Å². The summed E-state index contributed by atoms with van der Waals surface area (Å²) in [6.07, 6.45) is 6.22. The van der Waals surface area contributed by atoms with Crippen LogP contribution in [0.3, 0.4) is 0 Å². The first-order valence-corrected chi connectivity index (χ1v) is 14.8. The normalized spacial score (nSPS) is 16.9. The van der Waals surface area contributed by atoms with Gasteiger partial charge in [-0.2, -0.15) is 12.6 Å². The van der Waals surface area contributed by atoms with Crippen LogP contribution in [0.25, 0.3) is 0 Å². The number of benzene rings is 1. The Morgan fingerprint density at radius 2 is 1.68 bits per heavy atom. The molecular weight excluding hydrogens is 498 g/mol. The molecule has 0 aliphatic heterocycles. The van der Waals surface area contributed by atoms with E-state index in [1.54, 1.807) is 25.7 Å². The number of amides is 3. The van der Waals surface area contributed by atoms with Crippen LogP contribution in [0.1, 0.15) is 104 Å². The van der Waals surface area contributed by atoms with Gasteiger partial charge in [0.05, 0.1) is 0 Å². The maximum Gasteiger partial charge on any atom is 0.408 e. The van der Waals surface area contributed by atoms with E-state index < -0.39 is 23.8 Å². The second kappa shape index (κ2) is 14.8. The fourth-order valence-electron chi connectivity index (χ4n) is 4.97. The Morgan fingerprint density at radius 3 is 2.24 bits per heavy atom. The number of alkyl carbamates (subject to hydrolysis) is 1. The van der Waals surface area contributed by atoms with Crippen LogP contribution in [0, 0.1) is 12.8 Å². The highest BCUT2D eigenvalue weighted by Crippen LogP contribution is 2.30. The Morgan fingerprint density at radius 1 is 1.05 bits per heavy atom. The van der Waals surface area contributed by atoms with Crippen LogP contribution < -0.4 is 10.6 Å². The first-order valence-electron chi connectivity index (χ1n) is 14.1. The first-order chi connectivity index (χ1) is 17.8. The molecule has 1 aliphatic carbocycles. The average molecular weight is 548 g/mol. The van der Waals surface area contributed by atoms with Gasteiger partial charge in [0.25, 0.3) is 0 Å². The molecule has 0 aromatic heterocycles. The maximum absolute atomic E-state index is 14.2. The zero-order chi connectivity index (χ0) is 28.5. The number of aryl methyl sites for hydroxylation is 1. The van der Waals surface area contributed by atoms with Crippen LogP contribution >= 0.6 is 12.6 Å². The minimum absolute atomic E-state index is 0.0796. The van der Waals surface area contributed by atoms with Gasteiger partial charge in [-0.15, -0.1) is 0 Å². The molecule has 7 nitrogen and oxygen atoms in total. The molecule has 3 amide bonds. The predicted molar refractivity (Wildman–Crippen MR) is 156 cm³/mol. The predicted octanol–water partition coefficient (Wildman–Crippen LogP) is 5.96. The molecule has 2 N–H and O–H groups in total. The number of carbonyl (C=O) groups is 3. The summed E-state index contributed by atoms with van der Waals surface area (Å²) < 4.78 is 5.42. The van der Waals surface area contributed by atoms with Crippen molar-refractivity contribution >= 4 is 30.5 Å². The van der Waals surface area contributed by atoms with Crippen molar-refractivity contribution in [1.82, 2.24) is 15.5 Å². The Hall–Kier alpha value is -2.22. The lowest BCUT2D eigenvalue weighted by Crippen LogP contribution is -2.57. The second-order valence-electron chi connectivity index (χ2n) is 12.0. The molecule has 0 radical (unpaired) electrons. The SMILES string of the molecule is Cc1ccccc1C(C(=O)NC1CCCCC1)N(C(=O)C(CS)NC(=O)OC(C)(C)C)C(C)CCC(C)C. The summed E-state index contributed by atoms with van der Waals surface area (Å²) in [7, 11) is 0. The Bertz CT molecular complexity index is 924. The summed E-state index contributed by atoms with van der Waals surface area (Å²) in [5, 5.41) is 5.97. The highest BCUT2D eigenvalue weighted by atomic mass is 32.1. The molecule has 1 saturated carbocycles. The van der Waals surface area contributed by atoms with Gasteiger partial charge in [0.1, 0.15) is 17.7 Å². The lowest BCUT2D eigenvalue weighted by atomic mass is 9.92. The smallest absolute Gasteiger partial charge is 0.408 e. The van der Waals surface area contributed by atoms with Crippen LogP contribution in [-0.2, 0) is 14.3 Å². The highest BCUT2D eigenvalue weighted by Gasteiger charge is 2.39. The van der Waals surface area contributed by atoms with Gasteiger partial charge in [-0.1, -0.05) is 57.4 Å². The Balaban J connectivity index is 2.49. The fourth-order valence-corrected chi connectivity index (χ4v) is 5.21. The van der Waals surface area contributed by atoms with E-state index in [9.17, 15) is 14.4 Å². The number of carbonyl (C=O) groups excluding carboxylic acids is 3. The minimum Gasteiger partial charge on any atom is -0.444 e. The monoisotopic (exact) mass is 547 g/mol. The third-order valence-corrected chi connectivity index (χ3v) is 7.39. The summed E-state index contributed by atoms with van der Waals surface area (Å²) in [6, 6.07) is 5.82. The number of hydrogen-bond acceptors (Lipinski definition) is 5. The molecule has 1 aliphatic rings. The van der Waals surface area contributed by atoms with Crippen molar-refractivity contribution in [2.75, 3.05) is 5.75 Å². The lowest BCUT2D eigenvalue weighted by Gasteiger charge is -2.39. The van der Waals surface area contributed by atoms with Crippen molar-refractivity contribution in [3.05, 3.63) is 35.4 Å². The van der Waals surface area contributed by atoms with E-state index in [1.165, 1.54) is 6.42 Å². The molecule has 2 rings (SSSR count). The Labute approximate surface area is 235 Å². The first kappa shape index (κ1) is 32.0. The van der Waals surface area contributed by atoms with E-state index in [2.05, 4.69) is 37.1 Å². The van der Waals surface area contributed by atoms with Gasteiger partial charge in [-0.05, 0) is 77.3 Å². The molecule has 0 heterocycles. The van der Waals surface area contributed by atoms with Gasteiger partial charge in [0, 0.05) is 17.8 Å². The van der Waals surface area contributed by atoms with Crippen LogP contribution in [-0.4, -0.2) is 52.3 Å². The van der Waals surface area contributed by atoms with E-state index in [0.717, 1.165) is 49.7 Å². The summed E-state index contributed by atoms with van der Waals surface area (Å²) >= 11 is 4.40. The van der Waals surface area contributed by atoms with Crippen molar-refractivity contribution in [3.63, 3.8) is 0 Å². The zero-order valence-corrected chi connectivity index (χ0v) is 25.3. The molecule has 0 spiro atoms. The second-order valence-corrected chi connectivity index (χ2v) is 12.4. The van der Waals surface area contributed by atoms with Gasteiger partial charge in [0.15, 0.2) is 0 Å². The van der Waals surface area contributed by atoms with Crippen LogP contribution in [0.15, 0.2) is 24.3 Å². The van der Waals surface area contributed by atoms with Crippen LogP contribution in [0.2, 0.25) is 0 Å². The topological polar surface area (TPSA) is 87.7 Å². The van der Waals surface area contributed by atoms with Crippen molar-refractivity contribution in [2.45, 2.75) is 123 Å². The van der Waals surface area contributed by atoms with Crippen LogP contribution in [0.5, 0.6) is 0 Å². The number of nitrogens with one attached hydrogen (secondary N) is 2. The summed E-state index contributed by atoms with van der Waals surface area (Å²) in [6.45, 7) is 13.6. The molecule has 3 unspecified atom stereocenters. The quantitative estimate of drug-likeness (QED) is 0.298. The lowest BCUT2D eigenvalue weighted by molar-refractivity contribution is -0.145. The number of nitrogens with zero attached hydrogens (tertiary/aromatic N) is 1. The van der Waals surface area contributed by atoms with E-state index in [4.69, 9.17) is 4.74 Å². The maximum atomic E-state index is 14.2. The number of ether oxygens (including phenoxy) is 1. The van der Waals surface area contributed by atoms with Gasteiger partial charge in [0.2, 0.25) is 11.8 Å². The number of thiol groups is 1. The van der Waals surface area contributed by atoms with Crippen molar-refractivity contribution in [1.29, 1.82) is 0 Å². The summed E-state index contributed by atoms with van der Waals surface area (Å²) in [5.74, 6) is 0.0131. The third-order valence-electron chi connectivity index (χ3n) is 7.02. The van der Waals surface area contributed by atoms with E-state index in [0.29, 0.717) is 5.92 Å². The van der Waals surface area contributed by atoms with Gasteiger partial charge >= 0.3 is 6.09 Å².